The van der Waals surface area contributed by atoms with Crippen LogP contribution in [-0.2, 0) is 10.0 Å². The van der Waals surface area contributed by atoms with Crippen molar-refractivity contribution in [1.29, 1.82) is 0 Å². The van der Waals surface area contributed by atoms with E-state index in [0.29, 0.717) is 11.5 Å². The lowest BCUT2D eigenvalue weighted by Crippen LogP contribution is -2.13. The van der Waals surface area contributed by atoms with Crippen LogP contribution in [0.2, 0.25) is 0 Å². The molecular formula is C14H12N2O3S. The van der Waals surface area contributed by atoms with E-state index >= 15 is 0 Å². The molecule has 6 heteroatoms. The Morgan fingerprint density at radius 2 is 1.85 bits per heavy atom. The molecule has 0 aliphatic rings. The van der Waals surface area contributed by atoms with Gasteiger partial charge in [-0.05, 0) is 31.2 Å². The summed E-state index contributed by atoms with van der Waals surface area (Å²) < 4.78 is 31.7. The molecule has 0 atom stereocenters. The van der Waals surface area contributed by atoms with Gasteiger partial charge in [0.25, 0.3) is 10.0 Å². The van der Waals surface area contributed by atoms with Gasteiger partial charge in [0.2, 0.25) is 0 Å². The fourth-order valence-corrected chi connectivity index (χ4v) is 3.23. The minimum atomic E-state index is -3.67. The van der Waals surface area contributed by atoms with Crippen LogP contribution in [0.25, 0.3) is 11.6 Å². The largest absolute Gasteiger partial charge is 0.458 e. The Balaban J connectivity index is 2.15. The summed E-state index contributed by atoms with van der Waals surface area (Å²) in [5, 5.41) is 0. The van der Waals surface area contributed by atoms with Gasteiger partial charge in [-0.2, -0.15) is 0 Å². The zero-order chi connectivity index (χ0) is 14.2. The van der Waals surface area contributed by atoms with E-state index in [4.69, 9.17) is 4.42 Å². The Labute approximate surface area is 116 Å². The Hall–Kier alpha value is -2.34. The Kier molecular flexibility index (Phi) is 2.94. The van der Waals surface area contributed by atoms with Gasteiger partial charge in [0, 0.05) is 12.4 Å². The van der Waals surface area contributed by atoms with Crippen molar-refractivity contribution in [2.24, 2.45) is 0 Å². The third kappa shape index (κ3) is 2.04. The molecule has 3 aromatic rings. The summed E-state index contributed by atoms with van der Waals surface area (Å²) >= 11 is 0. The van der Waals surface area contributed by atoms with Crippen LogP contribution >= 0.6 is 0 Å². The van der Waals surface area contributed by atoms with E-state index in [1.165, 1.54) is 12.4 Å². The third-order valence-electron chi connectivity index (χ3n) is 2.87. The van der Waals surface area contributed by atoms with Crippen molar-refractivity contribution in [2.45, 2.75) is 11.8 Å². The monoisotopic (exact) mass is 288 g/mol. The summed E-state index contributed by atoms with van der Waals surface area (Å²) in [4.78, 5) is 4.29. The van der Waals surface area contributed by atoms with E-state index < -0.39 is 10.0 Å². The fraction of sp³-hybridized carbons (Fsp3) is 0.0714. The van der Waals surface area contributed by atoms with E-state index in [2.05, 4.69) is 4.98 Å². The number of rotatable bonds is 3. The minimum Gasteiger partial charge on any atom is -0.458 e. The molecule has 3 rings (SSSR count). The molecule has 2 aromatic heterocycles. The van der Waals surface area contributed by atoms with Crippen molar-refractivity contribution in [1.82, 2.24) is 8.96 Å². The lowest BCUT2D eigenvalue weighted by atomic mass is 10.4. The van der Waals surface area contributed by atoms with Crippen LogP contribution in [0.15, 0.2) is 64.2 Å². The summed E-state index contributed by atoms with van der Waals surface area (Å²) in [5.41, 5.74) is 0. The van der Waals surface area contributed by atoms with Crippen LogP contribution in [0.3, 0.4) is 0 Å². The Bertz CT molecular complexity index is 832. The second-order valence-corrected chi connectivity index (χ2v) is 6.09. The number of hydrogen-bond donors (Lipinski definition) is 0. The first kappa shape index (κ1) is 12.7. The number of aryl methyl sites for hydroxylation is 1. The lowest BCUT2D eigenvalue weighted by Gasteiger charge is -2.07. The number of aromatic nitrogens is 2. The van der Waals surface area contributed by atoms with Crippen molar-refractivity contribution in [3.8, 4) is 11.6 Å². The molecule has 0 unspecified atom stereocenters. The van der Waals surface area contributed by atoms with Crippen LogP contribution in [0.5, 0.6) is 0 Å². The molecule has 0 aliphatic heterocycles. The molecule has 5 nitrogen and oxygen atoms in total. The molecule has 0 saturated carbocycles. The van der Waals surface area contributed by atoms with Crippen LogP contribution in [0.1, 0.15) is 5.76 Å². The van der Waals surface area contributed by atoms with Crippen LogP contribution in [-0.4, -0.2) is 17.4 Å². The molecular weight excluding hydrogens is 276 g/mol. The predicted octanol–water partition coefficient (Wildman–Crippen LogP) is 2.69. The third-order valence-corrected chi connectivity index (χ3v) is 4.55. The average molecular weight is 288 g/mol. The minimum absolute atomic E-state index is 0.211. The normalized spacial score (nSPS) is 11.7. The average Bonchev–Trinajstić information content (AvgIpc) is 3.08. The molecule has 0 saturated heterocycles. The molecule has 0 aliphatic carbocycles. The van der Waals surface area contributed by atoms with Gasteiger partial charge in [-0.3, -0.25) is 0 Å². The van der Waals surface area contributed by atoms with Crippen LogP contribution in [0.4, 0.5) is 0 Å². The highest BCUT2D eigenvalue weighted by Gasteiger charge is 2.22. The van der Waals surface area contributed by atoms with Gasteiger partial charge in [-0.25, -0.2) is 17.4 Å². The summed E-state index contributed by atoms with van der Waals surface area (Å²) in [5.74, 6) is 1.39. The van der Waals surface area contributed by atoms with E-state index in [0.717, 1.165) is 3.97 Å². The van der Waals surface area contributed by atoms with Gasteiger partial charge >= 0.3 is 0 Å². The first-order valence-corrected chi connectivity index (χ1v) is 7.44. The molecule has 20 heavy (non-hydrogen) atoms. The maximum absolute atomic E-state index is 12.6. The SMILES string of the molecule is Cc1ccc(-c2nccn2S(=O)(=O)c2ccccc2)o1. The van der Waals surface area contributed by atoms with Crippen molar-refractivity contribution < 1.29 is 12.8 Å². The summed E-state index contributed by atoms with van der Waals surface area (Å²) in [6.45, 7) is 1.79. The first-order chi connectivity index (χ1) is 9.59. The van der Waals surface area contributed by atoms with E-state index in [9.17, 15) is 8.42 Å². The van der Waals surface area contributed by atoms with E-state index in [1.54, 1.807) is 49.4 Å². The quantitative estimate of drug-likeness (QED) is 0.743. The second kappa shape index (κ2) is 4.64. The Morgan fingerprint density at radius 1 is 1.10 bits per heavy atom. The molecule has 0 bridgehead atoms. The smallest absolute Gasteiger partial charge is 0.269 e. The van der Waals surface area contributed by atoms with Crippen molar-refractivity contribution in [3.05, 3.63) is 60.6 Å². The van der Waals surface area contributed by atoms with Crippen molar-refractivity contribution >= 4 is 10.0 Å². The summed E-state index contributed by atoms with van der Waals surface area (Å²) in [7, 11) is -3.67. The number of nitrogens with zero attached hydrogens (tertiary/aromatic N) is 2. The van der Waals surface area contributed by atoms with Gasteiger partial charge in [0.05, 0.1) is 4.90 Å². The van der Waals surface area contributed by atoms with Gasteiger partial charge in [-0.15, -0.1) is 0 Å². The lowest BCUT2D eigenvalue weighted by molar-refractivity contribution is 0.541. The first-order valence-electron chi connectivity index (χ1n) is 6.00. The maximum Gasteiger partial charge on any atom is 0.269 e. The zero-order valence-corrected chi connectivity index (χ0v) is 11.5. The molecule has 0 radical (unpaired) electrons. The standard InChI is InChI=1S/C14H12N2O3S/c1-11-7-8-13(19-11)14-15-9-10-16(14)20(17,18)12-5-3-2-4-6-12/h2-10H,1H3. The highest BCUT2D eigenvalue weighted by molar-refractivity contribution is 7.90. The fourth-order valence-electron chi connectivity index (χ4n) is 1.92. The number of imidazole rings is 1. The summed E-state index contributed by atoms with van der Waals surface area (Å²) in [6.07, 6.45) is 2.85. The number of benzene rings is 1. The molecule has 102 valence electrons. The molecule has 1 aromatic carbocycles. The van der Waals surface area contributed by atoms with E-state index in [1.807, 2.05) is 0 Å². The topological polar surface area (TPSA) is 65.1 Å². The molecule has 0 amide bonds. The second-order valence-electron chi connectivity index (χ2n) is 4.28. The van der Waals surface area contributed by atoms with Crippen LogP contribution in [0, 0.1) is 6.92 Å². The van der Waals surface area contributed by atoms with Crippen molar-refractivity contribution in [2.75, 3.05) is 0 Å². The van der Waals surface area contributed by atoms with Gasteiger partial charge < -0.3 is 4.42 Å². The zero-order valence-electron chi connectivity index (χ0n) is 10.7. The van der Waals surface area contributed by atoms with Gasteiger partial charge in [0.15, 0.2) is 11.6 Å². The maximum atomic E-state index is 12.6. The van der Waals surface area contributed by atoms with Gasteiger partial charge in [0.1, 0.15) is 5.76 Å². The molecule has 2 heterocycles. The molecule has 0 fully saturated rings. The Morgan fingerprint density at radius 3 is 2.50 bits per heavy atom. The van der Waals surface area contributed by atoms with Gasteiger partial charge in [-0.1, -0.05) is 18.2 Å². The highest BCUT2D eigenvalue weighted by Crippen LogP contribution is 2.24. The molecule has 0 spiro atoms. The molecule has 0 N–H and O–H groups in total. The predicted molar refractivity (Wildman–Crippen MR) is 73.7 cm³/mol. The van der Waals surface area contributed by atoms with Crippen LogP contribution < -0.4 is 0 Å². The van der Waals surface area contributed by atoms with E-state index in [-0.39, 0.29) is 10.7 Å². The van der Waals surface area contributed by atoms with Crippen molar-refractivity contribution in [3.63, 3.8) is 0 Å². The highest BCUT2D eigenvalue weighted by atomic mass is 32.2. The summed E-state index contributed by atoms with van der Waals surface area (Å²) in [6, 6.07) is 11.7. The number of furan rings is 1. The number of hydrogen-bond acceptors (Lipinski definition) is 4.